The maximum absolute atomic E-state index is 13.4. The van der Waals surface area contributed by atoms with Gasteiger partial charge in [0.1, 0.15) is 18.1 Å². The molecule has 2 aliphatic rings. The van der Waals surface area contributed by atoms with Crippen LogP contribution < -0.4 is 0 Å². The van der Waals surface area contributed by atoms with Gasteiger partial charge in [-0.05, 0) is 50.3 Å². The van der Waals surface area contributed by atoms with Crippen LogP contribution in [0.1, 0.15) is 47.4 Å². The van der Waals surface area contributed by atoms with Crippen LogP contribution in [0.4, 0.5) is 9.18 Å². The lowest BCUT2D eigenvalue weighted by Gasteiger charge is -2.37. The predicted octanol–water partition coefficient (Wildman–Crippen LogP) is 4.29. The zero-order valence-electron chi connectivity index (χ0n) is 15.8. The van der Waals surface area contributed by atoms with Gasteiger partial charge in [0.25, 0.3) is 0 Å². The highest BCUT2D eigenvalue weighted by atomic mass is 19.1. The van der Waals surface area contributed by atoms with Crippen LogP contribution in [-0.2, 0) is 11.3 Å². The van der Waals surface area contributed by atoms with Crippen molar-refractivity contribution < 1.29 is 18.7 Å². The summed E-state index contributed by atoms with van der Waals surface area (Å²) in [5.74, 6) is -0.655. The van der Waals surface area contributed by atoms with Crippen LogP contribution in [0.5, 0.6) is 0 Å². The highest BCUT2D eigenvalue weighted by Crippen LogP contribution is 2.40. The summed E-state index contributed by atoms with van der Waals surface area (Å²) >= 11 is 0. The first-order valence-corrected chi connectivity index (χ1v) is 9.69. The highest BCUT2D eigenvalue weighted by molar-refractivity contribution is 5.96. The zero-order valence-corrected chi connectivity index (χ0v) is 15.8. The van der Waals surface area contributed by atoms with Gasteiger partial charge in [0.15, 0.2) is 5.78 Å². The van der Waals surface area contributed by atoms with Crippen molar-refractivity contribution in [2.24, 2.45) is 5.92 Å². The minimum absolute atomic E-state index is 0.0116. The number of amides is 1. The fourth-order valence-electron chi connectivity index (χ4n) is 4.37. The summed E-state index contributed by atoms with van der Waals surface area (Å²) in [5, 5.41) is 0. The molecular formula is C22H23FN2O3. The number of rotatable bonds is 4. The summed E-state index contributed by atoms with van der Waals surface area (Å²) in [4.78, 5) is 31.4. The van der Waals surface area contributed by atoms with Crippen LogP contribution in [0, 0.1) is 18.7 Å². The molecule has 2 atom stereocenters. The molecule has 1 aromatic carbocycles. The maximum atomic E-state index is 13.4. The lowest BCUT2D eigenvalue weighted by Crippen LogP contribution is -2.48. The molecule has 4 rings (SSSR count). The lowest BCUT2D eigenvalue weighted by molar-refractivity contribution is 0.0483. The average molecular weight is 382 g/mol. The van der Waals surface area contributed by atoms with Gasteiger partial charge in [-0.15, -0.1) is 0 Å². The van der Waals surface area contributed by atoms with Crippen molar-refractivity contribution in [3.63, 3.8) is 0 Å². The molecule has 0 N–H and O–H groups in total. The van der Waals surface area contributed by atoms with Crippen LogP contribution in [0.2, 0.25) is 0 Å². The summed E-state index contributed by atoms with van der Waals surface area (Å²) in [7, 11) is 0. The first-order chi connectivity index (χ1) is 13.5. The normalized spacial score (nSPS) is 23.5. The Hall–Kier alpha value is -2.76. The summed E-state index contributed by atoms with van der Waals surface area (Å²) in [6.45, 7) is 1.80. The van der Waals surface area contributed by atoms with Crippen LogP contribution in [-0.4, -0.2) is 33.8 Å². The molecule has 1 amide bonds. The van der Waals surface area contributed by atoms with E-state index >= 15 is 0 Å². The largest absolute Gasteiger partial charge is 0.445 e. The van der Waals surface area contributed by atoms with Gasteiger partial charge < -0.3 is 9.64 Å². The molecule has 6 heteroatoms. The third-order valence-electron chi connectivity index (χ3n) is 5.79. The van der Waals surface area contributed by atoms with E-state index in [1.807, 2.05) is 35.2 Å². The van der Waals surface area contributed by atoms with E-state index in [0.29, 0.717) is 18.5 Å². The molecule has 2 aromatic rings. The SMILES string of the molecule is Cc1nc(C(=O)C2CC3CCC(C2)N3C(=O)OCc2ccccc2)ccc1F. The Bertz CT molecular complexity index is 873. The molecule has 3 heterocycles. The Morgan fingerprint density at radius 3 is 2.43 bits per heavy atom. The lowest BCUT2D eigenvalue weighted by atomic mass is 9.86. The Morgan fingerprint density at radius 1 is 1.11 bits per heavy atom. The second kappa shape index (κ2) is 7.70. The van der Waals surface area contributed by atoms with Gasteiger partial charge in [0.05, 0.1) is 5.69 Å². The number of carbonyl (C=O) groups is 2. The van der Waals surface area contributed by atoms with E-state index in [1.54, 1.807) is 6.92 Å². The smallest absolute Gasteiger partial charge is 0.410 e. The van der Waals surface area contributed by atoms with E-state index in [0.717, 1.165) is 18.4 Å². The predicted molar refractivity (Wildman–Crippen MR) is 101 cm³/mol. The molecule has 2 saturated heterocycles. The number of Topliss-reactive ketones (excluding diaryl/α,β-unsaturated/α-hetero) is 1. The number of halogens is 1. The van der Waals surface area contributed by atoms with E-state index in [9.17, 15) is 14.0 Å². The fourth-order valence-corrected chi connectivity index (χ4v) is 4.37. The molecule has 28 heavy (non-hydrogen) atoms. The first-order valence-electron chi connectivity index (χ1n) is 9.69. The van der Waals surface area contributed by atoms with Crippen molar-refractivity contribution in [1.29, 1.82) is 0 Å². The number of benzene rings is 1. The molecule has 0 radical (unpaired) electrons. The van der Waals surface area contributed by atoms with E-state index in [2.05, 4.69) is 4.98 Å². The number of aryl methyl sites for hydroxylation is 1. The summed E-state index contributed by atoms with van der Waals surface area (Å²) in [6.07, 6.45) is 2.66. The van der Waals surface area contributed by atoms with Crippen molar-refractivity contribution >= 4 is 11.9 Å². The number of hydrogen-bond acceptors (Lipinski definition) is 4. The van der Waals surface area contributed by atoms with Crippen molar-refractivity contribution in [2.45, 2.75) is 51.3 Å². The second-order valence-electron chi connectivity index (χ2n) is 7.63. The Labute approximate surface area is 163 Å². The summed E-state index contributed by atoms with van der Waals surface area (Å²) in [6, 6.07) is 12.4. The third-order valence-corrected chi connectivity index (χ3v) is 5.79. The molecule has 5 nitrogen and oxygen atoms in total. The first kappa shape index (κ1) is 18.6. The van der Waals surface area contributed by atoms with E-state index in [-0.39, 0.29) is 42.2 Å². The molecule has 0 aliphatic carbocycles. The molecule has 2 aliphatic heterocycles. The van der Waals surface area contributed by atoms with Crippen molar-refractivity contribution in [3.05, 3.63) is 65.2 Å². The van der Waals surface area contributed by atoms with Gasteiger partial charge in [0, 0.05) is 18.0 Å². The number of ether oxygens (including phenoxy) is 1. The summed E-state index contributed by atoms with van der Waals surface area (Å²) in [5.41, 5.74) is 1.49. The second-order valence-corrected chi connectivity index (χ2v) is 7.63. The van der Waals surface area contributed by atoms with Gasteiger partial charge in [-0.25, -0.2) is 14.2 Å². The topological polar surface area (TPSA) is 59.5 Å². The number of pyridine rings is 1. The van der Waals surface area contributed by atoms with Gasteiger partial charge >= 0.3 is 6.09 Å². The van der Waals surface area contributed by atoms with Crippen LogP contribution in [0.15, 0.2) is 42.5 Å². The van der Waals surface area contributed by atoms with Crippen molar-refractivity contribution in [2.75, 3.05) is 0 Å². The molecule has 146 valence electrons. The maximum Gasteiger partial charge on any atom is 0.410 e. The van der Waals surface area contributed by atoms with Gasteiger partial charge in [-0.3, -0.25) is 4.79 Å². The Kier molecular flexibility index (Phi) is 5.11. The van der Waals surface area contributed by atoms with Gasteiger partial charge in [0.2, 0.25) is 0 Å². The van der Waals surface area contributed by atoms with Crippen molar-refractivity contribution in [1.82, 2.24) is 9.88 Å². The number of aromatic nitrogens is 1. The van der Waals surface area contributed by atoms with Crippen molar-refractivity contribution in [3.8, 4) is 0 Å². The molecule has 0 saturated carbocycles. The number of piperidine rings is 1. The monoisotopic (exact) mass is 382 g/mol. The highest BCUT2D eigenvalue weighted by Gasteiger charge is 2.46. The fraction of sp³-hybridized carbons (Fsp3) is 0.409. The molecule has 2 unspecified atom stereocenters. The number of fused-ring (bicyclic) bond motifs is 2. The number of hydrogen-bond donors (Lipinski definition) is 0. The Morgan fingerprint density at radius 2 is 1.79 bits per heavy atom. The van der Waals surface area contributed by atoms with E-state index in [1.165, 1.54) is 12.1 Å². The number of carbonyl (C=O) groups excluding carboxylic acids is 2. The standard InChI is InChI=1S/C22H23FN2O3/c1-14-19(23)9-10-20(24-14)21(26)16-11-17-7-8-18(12-16)25(17)22(27)28-13-15-5-3-2-4-6-15/h2-6,9-10,16-18H,7-8,11-13H2,1H3. The third kappa shape index (κ3) is 3.63. The van der Waals surface area contributed by atoms with E-state index < -0.39 is 5.82 Å². The molecular weight excluding hydrogens is 359 g/mol. The number of nitrogens with zero attached hydrogens (tertiary/aromatic N) is 2. The van der Waals surface area contributed by atoms with E-state index in [4.69, 9.17) is 4.74 Å². The molecule has 2 bridgehead atoms. The van der Waals surface area contributed by atoms with Crippen LogP contribution >= 0.6 is 0 Å². The average Bonchev–Trinajstić information content (AvgIpc) is 2.98. The van der Waals surface area contributed by atoms with Gasteiger partial charge in [-0.2, -0.15) is 0 Å². The van der Waals surface area contributed by atoms with Gasteiger partial charge in [-0.1, -0.05) is 30.3 Å². The molecule has 0 spiro atoms. The minimum Gasteiger partial charge on any atom is -0.445 e. The van der Waals surface area contributed by atoms with Crippen LogP contribution in [0.3, 0.4) is 0 Å². The van der Waals surface area contributed by atoms with Crippen LogP contribution in [0.25, 0.3) is 0 Å². The quantitative estimate of drug-likeness (QED) is 0.740. The molecule has 1 aromatic heterocycles. The Balaban J connectivity index is 1.40. The zero-order chi connectivity index (χ0) is 19.7. The number of ketones is 1. The molecule has 2 fully saturated rings. The minimum atomic E-state index is -0.410. The summed E-state index contributed by atoms with van der Waals surface area (Å²) < 4.78 is 18.9.